The van der Waals surface area contributed by atoms with Gasteiger partial charge in [0.25, 0.3) is 0 Å². The van der Waals surface area contributed by atoms with Crippen molar-refractivity contribution in [3.8, 4) is 5.75 Å². The van der Waals surface area contributed by atoms with Gasteiger partial charge in [-0.2, -0.15) is 0 Å². The van der Waals surface area contributed by atoms with Crippen LogP contribution in [0.5, 0.6) is 5.75 Å². The van der Waals surface area contributed by atoms with Crippen LogP contribution >= 0.6 is 0 Å². The van der Waals surface area contributed by atoms with Gasteiger partial charge in [0, 0.05) is 18.2 Å². The standard InChI is InChI=1S/C16H24N4O/c1-12(14-8-6-7-9-15(14)21-5)17-10-13-11-20(19-18-13)16(2,3)4/h6-9,11-12,17H,10H2,1-5H3/t12-/m0/s1. The fraction of sp³-hybridized carbons (Fsp3) is 0.500. The van der Waals surface area contributed by atoms with Gasteiger partial charge in [-0.05, 0) is 33.8 Å². The molecule has 5 heteroatoms. The van der Waals surface area contributed by atoms with Crippen molar-refractivity contribution in [2.75, 3.05) is 7.11 Å². The van der Waals surface area contributed by atoms with Crippen LogP contribution in [0.1, 0.15) is 45.0 Å². The van der Waals surface area contributed by atoms with Gasteiger partial charge >= 0.3 is 0 Å². The van der Waals surface area contributed by atoms with E-state index in [-0.39, 0.29) is 11.6 Å². The summed E-state index contributed by atoms with van der Waals surface area (Å²) in [7, 11) is 1.69. The van der Waals surface area contributed by atoms with Gasteiger partial charge in [-0.25, -0.2) is 4.68 Å². The zero-order valence-electron chi connectivity index (χ0n) is 13.4. The number of aromatic nitrogens is 3. The number of methoxy groups -OCH3 is 1. The zero-order chi connectivity index (χ0) is 15.5. The van der Waals surface area contributed by atoms with Crippen LogP contribution in [0, 0.1) is 0 Å². The van der Waals surface area contributed by atoms with Gasteiger partial charge < -0.3 is 10.1 Å². The molecule has 1 atom stereocenters. The molecule has 0 bridgehead atoms. The number of para-hydroxylation sites is 1. The van der Waals surface area contributed by atoms with E-state index in [1.807, 2.05) is 29.1 Å². The van der Waals surface area contributed by atoms with Crippen molar-refractivity contribution in [2.24, 2.45) is 0 Å². The quantitative estimate of drug-likeness (QED) is 0.919. The average Bonchev–Trinajstić information content (AvgIpc) is 2.93. The number of nitrogens with one attached hydrogen (secondary N) is 1. The van der Waals surface area contributed by atoms with E-state index in [1.165, 1.54) is 0 Å². The van der Waals surface area contributed by atoms with Crippen molar-refractivity contribution >= 4 is 0 Å². The molecule has 0 fully saturated rings. The van der Waals surface area contributed by atoms with Gasteiger partial charge in [0.15, 0.2) is 0 Å². The summed E-state index contributed by atoms with van der Waals surface area (Å²) >= 11 is 0. The Morgan fingerprint density at radius 3 is 2.62 bits per heavy atom. The van der Waals surface area contributed by atoms with E-state index in [0.29, 0.717) is 6.54 Å². The summed E-state index contributed by atoms with van der Waals surface area (Å²) in [6, 6.07) is 8.22. The summed E-state index contributed by atoms with van der Waals surface area (Å²) in [5.74, 6) is 0.899. The van der Waals surface area contributed by atoms with Gasteiger partial charge in [-0.1, -0.05) is 23.4 Å². The van der Waals surface area contributed by atoms with E-state index < -0.39 is 0 Å². The number of rotatable bonds is 5. The molecule has 0 aliphatic carbocycles. The normalized spacial score (nSPS) is 13.2. The lowest BCUT2D eigenvalue weighted by molar-refractivity contribution is 0.347. The lowest BCUT2D eigenvalue weighted by atomic mass is 10.1. The fourth-order valence-corrected chi connectivity index (χ4v) is 2.10. The van der Waals surface area contributed by atoms with Gasteiger partial charge in [0.1, 0.15) is 5.75 Å². The second kappa shape index (κ2) is 6.26. The van der Waals surface area contributed by atoms with E-state index in [9.17, 15) is 0 Å². The molecule has 0 spiro atoms. The molecule has 0 unspecified atom stereocenters. The molecule has 0 radical (unpaired) electrons. The second-order valence-electron chi connectivity index (χ2n) is 6.17. The Kier molecular flexibility index (Phi) is 4.63. The lowest BCUT2D eigenvalue weighted by Crippen LogP contribution is -2.22. The molecule has 0 amide bonds. The number of hydrogen-bond acceptors (Lipinski definition) is 4. The van der Waals surface area contributed by atoms with Gasteiger partial charge in [0.2, 0.25) is 0 Å². The first-order valence-corrected chi connectivity index (χ1v) is 7.20. The molecule has 2 rings (SSSR count). The largest absolute Gasteiger partial charge is 0.496 e. The molecule has 1 N–H and O–H groups in total. The Hall–Kier alpha value is -1.88. The van der Waals surface area contributed by atoms with E-state index >= 15 is 0 Å². The van der Waals surface area contributed by atoms with Gasteiger partial charge in [0.05, 0.1) is 24.5 Å². The highest BCUT2D eigenvalue weighted by Crippen LogP contribution is 2.24. The highest BCUT2D eigenvalue weighted by Gasteiger charge is 2.16. The Labute approximate surface area is 126 Å². The smallest absolute Gasteiger partial charge is 0.123 e. The van der Waals surface area contributed by atoms with Crippen LogP contribution in [-0.2, 0) is 12.1 Å². The molecule has 0 aliphatic heterocycles. The van der Waals surface area contributed by atoms with Crippen LogP contribution in [0.3, 0.4) is 0 Å². The third-order valence-corrected chi connectivity index (χ3v) is 3.42. The van der Waals surface area contributed by atoms with Crippen LogP contribution in [-0.4, -0.2) is 22.1 Å². The minimum atomic E-state index is -0.0421. The molecule has 0 saturated heterocycles. The molecule has 0 saturated carbocycles. The third kappa shape index (κ3) is 3.82. The SMILES string of the molecule is COc1ccccc1[C@H](C)NCc1cn(C(C)(C)C)nn1. The molecular formula is C16H24N4O. The van der Waals surface area contributed by atoms with Crippen molar-refractivity contribution in [1.29, 1.82) is 0 Å². The molecule has 2 aromatic rings. The van der Waals surface area contributed by atoms with E-state index in [2.05, 4.69) is 49.4 Å². The first-order chi connectivity index (χ1) is 9.91. The molecule has 5 nitrogen and oxygen atoms in total. The number of ether oxygens (including phenoxy) is 1. The monoisotopic (exact) mass is 288 g/mol. The molecule has 1 heterocycles. The summed E-state index contributed by atoms with van der Waals surface area (Å²) in [6.07, 6.45) is 1.99. The van der Waals surface area contributed by atoms with E-state index in [0.717, 1.165) is 17.0 Å². The highest BCUT2D eigenvalue weighted by atomic mass is 16.5. The van der Waals surface area contributed by atoms with Crippen molar-refractivity contribution in [3.05, 3.63) is 41.7 Å². The van der Waals surface area contributed by atoms with Crippen molar-refractivity contribution in [2.45, 2.75) is 45.8 Å². The van der Waals surface area contributed by atoms with E-state index in [4.69, 9.17) is 4.74 Å². The second-order valence-corrected chi connectivity index (χ2v) is 6.17. The molecule has 1 aromatic carbocycles. The Bertz CT molecular complexity index is 586. The molecule has 114 valence electrons. The Balaban J connectivity index is 2.01. The van der Waals surface area contributed by atoms with Crippen LogP contribution in [0.2, 0.25) is 0 Å². The highest BCUT2D eigenvalue weighted by molar-refractivity contribution is 5.35. The van der Waals surface area contributed by atoms with Crippen LogP contribution in [0.25, 0.3) is 0 Å². The molecular weight excluding hydrogens is 264 g/mol. The van der Waals surface area contributed by atoms with E-state index in [1.54, 1.807) is 7.11 Å². The number of nitrogens with zero attached hydrogens (tertiary/aromatic N) is 3. The van der Waals surface area contributed by atoms with Crippen molar-refractivity contribution < 1.29 is 4.74 Å². The first-order valence-electron chi connectivity index (χ1n) is 7.20. The fourth-order valence-electron chi connectivity index (χ4n) is 2.10. The first kappa shape index (κ1) is 15.5. The predicted molar refractivity (Wildman–Crippen MR) is 83.3 cm³/mol. The minimum absolute atomic E-state index is 0.0421. The predicted octanol–water partition coefficient (Wildman–Crippen LogP) is 2.89. The van der Waals surface area contributed by atoms with Crippen molar-refractivity contribution in [1.82, 2.24) is 20.3 Å². The summed E-state index contributed by atoms with van der Waals surface area (Å²) in [5.41, 5.74) is 2.04. The van der Waals surface area contributed by atoms with Crippen LogP contribution in [0.4, 0.5) is 0 Å². The Morgan fingerprint density at radius 1 is 1.29 bits per heavy atom. The zero-order valence-corrected chi connectivity index (χ0v) is 13.4. The lowest BCUT2D eigenvalue weighted by Gasteiger charge is -2.18. The summed E-state index contributed by atoms with van der Waals surface area (Å²) in [5, 5.41) is 11.8. The maximum Gasteiger partial charge on any atom is 0.123 e. The summed E-state index contributed by atoms with van der Waals surface area (Å²) in [6.45, 7) is 9.12. The minimum Gasteiger partial charge on any atom is -0.496 e. The number of hydrogen-bond donors (Lipinski definition) is 1. The topological polar surface area (TPSA) is 52.0 Å². The van der Waals surface area contributed by atoms with Gasteiger partial charge in [-0.3, -0.25) is 0 Å². The molecule has 21 heavy (non-hydrogen) atoms. The van der Waals surface area contributed by atoms with Crippen molar-refractivity contribution in [3.63, 3.8) is 0 Å². The molecule has 0 aliphatic rings. The summed E-state index contributed by atoms with van der Waals surface area (Å²) in [4.78, 5) is 0. The molecule has 1 aromatic heterocycles. The summed E-state index contributed by atoms with van der Waals surface area (Å²) < 4.78 is 7.28. The van der Waals surface area contributed by atoms with Crippen LogP contribution in [0.15, 0.2) is 30.5 Å². The number of benzene rings is 1. The van der Waals surface area contributed by atoms with Crippen LogP contribution < -0.4 is 10.1 Å². The third-order valence-electron chi connectivity index (χ3n) is 3.42. The average molecular weight is 288 g/mol. The van der Waals surface area contributed by atoms with Gasteiger partial charge in [-0.15, -0.1) is 5.10 Å². The maximum atomic E-state index is 5.40. The Morgan fingerprint density at radius 2 is 2.00 bits per heavy atom. The maximum absolute atomic E-state index is 5.40.